The minimum Gasteiger partial charge on any atom is -0.462 e. The van der Waals surface area contributed by atoms with Crippen LogP contribution in [-0.2, 0) is 32.7 Å². The van der Waals surface area contributed by atoms with Crippen molar-refractivity contribution in [3.63, 3.8) is 0 Å². The van der Waals surface area contributed by atoms with Gasteiger partial charge in [-0.05, 0) is 103 Å². The molecule has 372 valence electrons. The molecule has 0 rings (SSSR count). The van der Waals surface area contributed by atoms with Gasteiger partial charge in [0, 0.05) is 12.8 Å². The van der Waals surface area contributed by atoms with E-state index in [0.717, 1.165) is 103 Å². The van der Waals surface area contributed by atoms with Crippen LogP contribution in [0.15, 0.2) is 134 Å². The van der Waals surface area contributed by atoms with Crippen LogP contribution >= 0.6 is 7.82 Å². The Morgan fingerprint density at radius 1 is 0.485 bits per heavy atom. The Labute approximate surface area is 402 Å². The fourth-order valence-electron chi connectivity index (χ4n) is 5.82. The second-order valence-corrected chi connectivity index (χ2v) is 18.6. The van der Waals surface area contributed by atoms with E-state index in [9.17, 15) is 19.0 Å². The second kappa shape index (κ2) is 46.3. The first-order chi connectivity index (χ1) is 32.0. The molecule has 0 aromatic heterocycles. The fraction of sp³-hybridized carbons (Fsp3) is 0.571. The molecule has 0 bridgehead atoms. The predicted octanol–water partition coefficient (Wildman–Crippen LogP) is 15.0. The lowest BCUT2D eigenvalue weighted by molar-refractivity contribution is -0.870. The zero-order valence-corrected chi connectivity index (χ0v) is 42.8. The maximum absolute atomic E-state index is 12.7. The Hall–Kier alpha value is -3.85. The number of likely N-dealkylation sites (N-methyl/N-ethyl adjacent to an activating group) is 1. The van der Waals surface area contributed by atoms with Crippen molar-refractivity contribution in [3.05, 3.63) is 134 Å². The highest BCUT2D eigenvalue weighted by molar-refractivity contribution is 7.47. The van der Waals surface area contributed by atoms with Gasteiger partial charge < -0.3 is 18.9 Å². The molecule has 2 atom stereocenters. The van der Waals surface area contributed by atoms with Crippen molar-refractivity contribution >= 4 is 19.8 Å². The van der Waals surface area contributed by atoms with Gasteiger partial charge in [0.25, 0.3) is 0 Å². The van der Waals surface area contributed by atoms with Crippen molar-refractivity contribution in [1.29, 1.82) is 0 Å². The van der Waals surface area contributed by atoms with E-state index in [2.05, 4.69) is 141 Å². The monoisotopic (exact) mass is 937 g/mol. The van der Waals surface area contributed by atoms with E-state index < -0.39 is 32.5 Å². The molecule has 0 heterocycles. The molecule has 0 spiro atoms. The van der Waals surface area contributed by atoms with Gasteiger partial charge in [0.2, 0.25) is 0 Å². The number of rotatable bonds is 43. The number of unbranched alkanes of at least 4 members (excludes halogenated alkanes) is 7. The van der Waals surface area contributed by atoms with Gasteiger partial charge in [0.15, 0.2) is 6.10 Å². The van der Waals surface area contributed by atoms with E-state index in [-0.39, 0.29) is 26.1 Å². The third-order valence-corrected chi connectivity index (χ3v) is 10.6. The summed E-state index contributed by atoms with van der Waals surface area (Å²) in [7, 11) is 1.41. The Morgan fingerprint density at radius 3 is 1.33 bits per heavy atom. The minimum absolute atomic E-state index is 0.0101. The van der Waals surface area contributed by atoms with Gasteiger partial charge >= 0.3 is 19.8 Å². The molecule has 9 nitrogen and oxygen atoms in total. The van der Waals surface area contributed by atoms with E-state index >= 15 is 0 Å². The average molecular weight is 937 g/mol. The van der Waals surface area contributed by atoms with Gasteiger partial charge in [-0.25, -0.2) is 4.57 Å². The Balaban J connectivity index is 4.40. The summed E-state index contributed by atoms with van der Waals surface area (Å²) in [5.74, 6) is -0.900. The lowest BCUT2D eigenvalue weighted by atomic mass is 10.1. The highest BCUT2D eigenvalue weighted by Crippen LogP contribution is 2.43. The third-order valence-electron chi connectivity index (χ3n) is 9.65. The number of carbonyl (C=O) groups is 2. The number of phosphoric ester groups is 1. The van der Waals surface area contributed by atoms with Crippen molar-refractivity contribution in [2.45, 2.75) is 161 Å². The molecule has 1 N–H and O–H groups in total. The maximum Gasteiger partial charge on any atom is 0.472 e. The zero-order valence-electron chi connectivity index (χ0n) is 41.9. The highest BCUT2D eigenvalue weighted by Gasteiger charge is 2.27. The number of phosphoric acid groups is 1. The highest BCUT2D eigenvalue weighted by atomic mass is 31.2. The minimum atomic E-state index is -4.41. The van der Waals surface area contributed by atoms with Crippen molar-refractivity contribution < 1.29 is 42.1 Å². The summed E-state index contributed by atoms with van der Waals surface area (Å²) >= 11 is 0. The normalized spacial score (nSPS) is 14.6. The Morgan fingerprint density at radius 2 is 0.879 bits per heavy atom. The first-order valence-electron chi connectivity index (χ1n) is 24.9. The van der Waals surface area contributed by atoms with Crippen LogP contribution in [0.2, 0.25) is 0 Å². The van der Waals surface area contributed by atoms with E-state index in [4.69, 9.17) is 18.5 Å². The molecule has 2 unspecified atom stereocenters. The Bertz CT molecular complexity index is 1570. The van der Waals surface area contributed by atoms with Gasteiger partial charge in [-0.2, -0.15) is 0 Å². The van der Waals surface area contributed by atoms with Crippen LogP contribution in [0.25, 0.3) is 0 Å². The summed E-state index contributed by atoms with van der Waals surface area (Å²) in [5, 5.41) is 0. The largest absolute Gasteiger partial charge is 0.472 e. The Kier molecular flexibility index (Phi) is 43.6. The fourth-order valence-corrected chi connectivity index (χ4v) is 6.56. The van der Waals surface area contributed by atoms with E-state index in [0.29, 0.717) is 30.3 Å². The molecule has 66 heavy (non-hydrogen) atoms. The van der Waals surface area contributed by atoms with Gasteiger partial charge in [-0.1, -0.05) is 173 Å². The molecule has 0 saturated heterocycles. The summed E-state index contributed by atoms with van der Waals surface area (Å²) in [5.41, 5.74) is 0. The molecular formula is C56H91NO8P+. The second-order valence-electron chi connectivity index (χ2n) is 17.1. The van der Waals surface area contributed by atoms with Crippen molar-refractivity contribution in [1.82, 2.24) is 0 Å². The van der Waals surface area contributed by atoms with Crippen LogP contribution in [0.1, 0.15) is 155 Å². The molecule has 0 aliphatic carbocycles. The lowest BCUT2D eigenvalue weighted by Gasteiger charge is -2.24. The number of hydrogen-bond donors (Lipinski definition) is 1. The van der Waals surface area contributed by atoms with E-state index in [1.807, 2.05) is 27.2 Å². The number of carbonyl (C=O) groups excluding carboxylic acids is 2. The molecule has 0 fully saturated rings. The molecule has 0 amide bonds. The van der Waals surface area contributed by atoms with E-state index in [1.165, 1.54) is 6.42 Å². The SMILES string of the molecule is CC/C=C\C/C=C\C/C=C\C/C=C\C/C=C\C/C=C\C/C=C\C/C=C\C/C=C\CCCC(=O)OC(COC(=O)CCCCCCC/C=C\C/C=C\CCC)COP(=O)(O)OCC[N+](C)(C)C. The van der Waals surface area contributed by atoms with Gasteiger partial charge in [-0.15, -0.1) is 0 Å². The molecule has 0 aromatic carbocycles. The molecule has 0 radical (unpaired) electrons. The summed E-state index contributed by atoms with van der Waals surface area (Å²) in [6.07, 6.45) is 66.6. The summed E-state index contributed by atoms with van der Waals surface area (Å²) in [6.45, 7) is 4.12. The summed E-state index contributed by atoms with van der Waals surface area (Å²) in [4.78, 5) is 35.4. The van der Waals surface area contributed by atoms with Crippen molar-refractivity contribution in [2.24, 2.45) is 0 Å². The third kappa shape index (κ3) is 49.6. The van der Waals surface area contributed by atoms with Crippen LogP contribution in [0.4, 0.5) is 0 Å². The first kappa shape index (κ1) is 62.1. The summed E-state index contributed by atoms with van der Waals surface area (Å²) < 4.78 is 34.3. The van der Waals surface area contributed by atoms with Gasteiger partial charge in [0.1, 0.15) is 19.8 Å². The van der Waals surface area contributed by atoms with Crippen molar-refractivity contribution in [2.75, 3.05) is 47.5 Å². The maximum atomic E-state index is 12.7. The molecule has 10 heteroatoms. The van der Waals surface area contributed by atoms with Crippen LogP contribution in [-0.4, -0.2) is 74.9 Å². The lowest BCUT2D eigenvalue weighted by Crippen LogP contribution is -2.37. The quantitative estimate of drug-likeness (QED) is 0.0212. The molecule has 0 aromatic rings. The van der Waals surface area contributed by atoms with Crippen LogP contribution in [0.5, 0.6) is 0 Å². The number of quaternary nitrogens is 1. The molecule has 0 saturated carbocycles. The number of hydrogen-bond acceptors (Lipinski definition) is 7. The number of nitrogens with zero attached hydrogens (tertiary/aromatic N) is 1. The number of allylic oxidation sites excluding steroid dienone is 22. The number of esters is 2. The zero-order chi connectivity index (χ0) is 48.5. The predicted molar refractivity (Wildman–Crippen MR) is 279 cm³/mol. The average Bonchev–Trinajstić information content (AvgIpc) is 3.27. The molecule has 0 aliphatic heterocycles. The van der Waals surface area contributed by atoms with E-state index in [1.54, 1.807) is 0 Å². The van der Waals surface area contributed by atoms with Gasteiger partial charge in [-0.3, -0.25) is 18.6 Å². The van der Waals surface area contributed by atoms with Crippen LogP contribution < -0.4 is 0 Å². The molecular weight excluding hydrogens is 846 g/mol. The number of ether oxygens (including phenoxy) is 2. The van der Waals surface area contributed by atoms with Crippen molar-refractivity contribution in [3.8, 4) is 0 Å². The topological polar surface area (TPSA) is 108 Å². The smallest absolute Gasteiger partial charge is 0.462 e. The van der Waals surface area contributed by atoms with Crippen LogP contribution in [0, 0.1) is 0 Å². The standard InChI is InChI=1S/C56H90NO8P/c1-6-8-10-12-14-16-18-20-21-22-23-24-25-26-27-28-29-30-31-32-33-34-35-37-39-41-43-45-47-49-56(59)65-54(53-64-66(60,61)63-51-50-57(3,4)5)52-62-55(58)48-46-44-42-40-38-36-19-17-15-13-11-9-7-2/h8,10-11,13-14,16-17,19-21,23-24,26-27,29-30,32-33,35,37,41,43,54H,6-7,9,12,15,18,22,25,28,31,34,36,38-40,42,44-53H2,1-5H3/p+1/b10-8-,13-11-,16-14-,19-17-,21-20-,24-23-,27-26-,30-29-,33-32-,37-35-,43-41-. The van der Waals surface area contributed by atoms with Crippen LogP contribution in [0.3, 0.4) is 0 Å². The summed E-state index contributed by atoms with van der Waals surface area (Å²) in [6, 6.07) is 0. The molecule has 0 aliphatic rings. The first-order valence-corrected chi connectivity index (χ1v) is 26.4. The van der Waals surface area contributed by atoms with Gasteiger partial charge in [0.05, 0.1) is 27.7 Å².